The molecular weight excluding hydrogens is 238 g/mol. The van der Waals surface area contributed by atoms with Crippen molar-refractivity contribution in [3.05, 3.63) is 0 Å². The summed E-state index contributed by atoms with van der Waals surface area (Å²) in [6.07, 6.45) is 5.57. The van der Waals surface area contributed by atoms with Gasteiger partial charge in [0.15, 0.2) is 0 Å². The van der Waals surface area contributed by atoms with Crippen LogP contribution in [0.3, 0.4) is 0 Å². The average molecular weight is 269 g/mol. The minimum atomic E-state index is 0.200. The Morgan fingerprint density at radius 2 is 1.89 bits per heavy atom. The molecule has 1 aliphatic rings. The molecular formula is C15H31N3O. The van der Waals surface area contributed by atoms with Gasteiger partial charge in [-0.05, 0) is 38.9 Å². The van der Waals surface area contributed by atoms with Gasteiger partial charge in [0.1, 0.15) is 0 Å². The van der Waals surface area contributed by atoms with Gasteiger partial charge in [-0.15, -0.1) is 0 Å². The molecule has 1 rings (SSSR count). The fraction of sp³-hybridized carbons (Fsp3) is 0.933. The van der Waals surface area contributed by atoms with Gasteiger partial charge in [-0.3, -0.25) is 4.79 Å². The van der Waals surface area contributed by atoms with Crippen LogP contribution in [0.15, 0.2) is 0 Å². The number of carbonyl (C=O) groups excluding carboxylic acids is 1. The quantitative estimate of drug-likeness (QED) is 0.704. The monoisotopic (exact) mass is 269 g/mol. The van der Waals surface area contributed by atoms with Crippen molar-refractivity contribution >= 4 is 5.91 Å². The van der Waals surface area contributed by atoms with E-state index in [1.54, 1.807) is 0 Å². The lowest BCUT2D eigenvalue weighted by atomic mass is 9.84. The molecule has 0 aliphatic heterocycles. The standard InChI is InChI=1S/C15H31N3O/c1-4-18(5-2)12-13-8-6-7-9-14(13)17-15(19)10-11-16-3/h13-14,16H,4-12H2,1-3H3,(H,17,19). The number of amides is 1. The highest BCUT2D eigenvalue weighted by Gasteiger charge is 2.27. The van der Waals surface area contributed by atoms with Gasteiger partial charge in [-0.1, -0.05) is 26.7 Å². The van der Waals surface area contributed by atoms with Crippen molar-refractivity contribution in [1.82, 2.24) is 15.5 Å². The highest BCUT2D eigenvalue weighted by Crippen LogP contribution is 2.25. The zero-order valence-electron chi connectivity index (χ0n) is 12.9. The van der Waals surface area contributed by atoms with Crippen LogP contribution >= 0.6 is 0 Å². The van der Waals surface area contributed by atoms with E-state index in [0.717, 1.165) is 32.6 Å². The molecule has 4 heteroatoms. The lowest BCUT2D eigenvalue weighted by molar-refractivity contribution is -0.122. The lowest BCUT2D eigenvalue weighted by Crippen LogP contribution is -2.46. The minimum Gasteiger partial charge on any atom is -0.353 e. The molecule has 0 spiro atoms. The summed E-state index contributed by atoms with van der Waals surface area (Å²) in [6, 6.07) is 0.388. The molecule has 112 valence electrons. The molecule has 1 aliphatic carbocycles. The number of nitrogens with zero attached hydrogens (tertiary/aromatic N) is 1. The summed E-state index contributed by atoms with van der Waals surface area (Å²) in [5.41, 5.74) is 0. The van der Waals surface area contributed by atoms with Crippen LogP contribution < -0.4 is 10.6 Å². The molecule has 1 saturated carbocycles. The van der Waals surface area contributed by atoms with Crippen LogP contribution in [0.25, 0.3) is 0 Å². The number of hydrogen-bond acceptors (Lipinski definition) is 3. The third-order valence-corrected chi connectivity index (χ3v) is 4.24. The van der Waals surface area contributed by atoms with Crippen molar-refractivity contribution in [3.8, 4) is 0 Å². The van der Waals surface area contributed by atoms with Gasteiger partial charge in [-0.2, -0.15) is 0 Å². The highest BCUT2D eigenvalue weighted by molar-refractivity contribution is 5.76. The summed E-state index contributed by atoms with van der Waals surface area (Å²) in [4.78, 5) is 14.4. The molecule has 0 heterocycles. The van der Waals surface area contributed by atoms with E-state index < -0.39 is 0 Å². The molecule has 0 aromatic rings. The molecule has 0 saturated heterocycles. The first-order valence-electron chi connectivity index (χ1n) is 7.87. The maximum Gasteiger partial charge on any atom is 0.221 e. The maximum absolute atomic E-state index is 11.9. The summed E-state index contributed by atoms with van der Waals surface area (Å²) in [5.74, 6) is 0.831. The second kappa shape index (κ2) is 9.32. The fourth-order valence-electron chi connectivity index (χ4n) is 2.95. The van der Waals surface area contributed by atoms with Crippen LogP contribution in [0, 0.1) is 5.92 Å². The zero-order valence-corrected chi connectivity index (χ0v) is 12.9. The van der Waals surface area contributed by atoms with Gasteiger partial charge in [0, 0.05) is 25.6 Å². The maximum atomic E-state index is 11.9. The van der Waals surface area contributed by atoms with Gasteiger partial charge in [0.25, 0.3) is 0 Å². The van der Waals surface area contributed by atoms with Crippen LogP contribution in [0.5, 0.6) is 0 Å². The molecule has 2 N–H and O–H groups in total. The number of carbonyl (C=O) groups is 1. The number of nitrogens with one attached hydrogen (secondary N) is 2. The molecule has 0 aromatic heterocycles. The van der Waals surface area contributed by atoms with Gasteiger partial charge < -0.3 is 15.5 Å². The SMILES string of the molecule is CCN(CC)CC1CCCCC1NC(=O)CCNC. The van der Waals surface area contributed by atoms with Crippen molar-refractivity contribution in [3.63, 3.8) is 0 Å². The van der Waals surface area contributed by atoms with Gasteiger partial charge in [0.05, 0.1) is 0 Å². The van der Waals surface area contributed by atoms with E-state index in [-0.39, 0.29) is 5.91 Å². The lowest BCUT2D eigenvalue weighted by Gasteiger charge is -2.35. The first-order valence-corrected chi connectivity index (χ1v) is 7.87. The van der Waals surface area contributed by atoms with Crippen molar-refractivity contribution < 1.29 is 4.79 Å². The molecule has 0 aromatic carbocycles. The first kappa shape index (κ1) is 16.4. The van der Waals surface area contributed by atoms with E-state index in [4.69, 9.17) is 0 Å². The number of hydrogen-bond donors (Lipinski definition) is 2. The van der Waals surface area contributed by atoms with Crippen LogP contribution in [0.1, 0.15) is 46.0 Å². The predicted molar refractivity (Wildman–Crippen MR) is 80.2 cm³/mol. The van der Waals surface area contributed by atoms with E-state index in [1.165, 1.54) is 19.3 Å². The second-order valence-corrected chi connectivity index (χ2v) is 5.56. The molecule has 2 unspecified atom stereocenters. The van der Waals surface area contributed by atoms with Crippen molar-refractivity contribution in [1.29, 1.82) is 0 Å². The van der Waals surface area contributed by atoms with E-state index >= 15 is 0 Å². The molecule has 2 atom stereocenters. The molecule has 1 amide bonds. The Hall–Kier alpha value is -0.610. The Balaban J connectivity index is 2.45. The van der Waals surface area contributed by atoms with E-state index in [2.05, 4.69) is 29.4 Å². The normalized spacial score (nSPS) is 23.6. The topological polar surface area (TPSA) is 44.4 Å². The molecule has 0 radical (unpaired) electrons. The largest absolute Gasteiger partial charge is 0.353 e. The van der Waals surface area contributed by atoms with Gasteiger partial charge in [0.2, 0.25) is 5.91 Å². The van der Waals surface area contributed by atoms with E-state index in [9.17, 15) is 4.79 Å². The molecule has 4 nitrogen and oxygen atoms in total. The summed E-state index contributed by atoms with van der Waals surface area (Å²) >= 11 is 0. The summed E-state index contributed by atoms with van der Waals surface area (Å²) in [7, 11) is 1.89. The predicted octanol–water partition coefficient (Wildman–Crippen LogP) is 1.61. The first-order chi connectivity index (χ1) is 9.21. The van der Waals surface area contributed by atoms with Crippen molar-refractivity contribution in [2.24, 2.45) is 5.92 Å². The Morgan fingerprint density at radius 3 is 2.53 bits per heavy atom. The summed E-state index contributed by atoms with van der Waals surface area (Å²) < 4.78 is 0. The van der Waals surface area contributed by atoms with Gasteiger partial charge in [-0.25, -0.2) is 0 Å². The number of rotatable bonds is 8. The second-order valence-electron chi connectivity index (χ2n) is 5.56. The summed E-state index contributed by atoms with van der Waals surface area (Å²) in [5, 5.41) is 6.28. The molecule has 19 heavy (non-hydrogen) atoms. The highest BCUT2D eigenvalue weighted by atomic mass is 16.1. The Morgan fingerprint density at radius 1 is 1.21 bits per heavy atom. The van der Waals surface area contributed by atoms with Crippen molar-refractivity contribution in [2.75, 3.05) is 33.2 Å². The van der Waals surface area contributed by atoms with Crippen molar-refractivity contribution in [2.45, 2.75) is 52.0 Å². The smallest absolute Gasteiger partial charge is 0.221 e. The fourth-order valence-corrected chi connectivity index (χ4v) is 2.95. The Labute approximate surface area is 118 Å². The van der Waals surface area contributed by atoms with Crippen LogP contribution in [-0.2, 0) is 4.79 Å². The molecule has 0 bridgehead atoms. The Kier molecular flexibility index (Phi) is 8.07. The van der Waals surface area contributed by atoms with E-state index in [0.29, 0.717) is 18.4 Å². The third-order valence-electron chi connectivity index (χ3n) is 4.24. The summed E-state index contributed by atoms with van der Waals surface area (Å²) in [6.45, 7) is 8.53. The van der Waals surface area contributed by atoms with Gasteiger partial charge >= 0.3 is 0 Å². The van der Waals surface area contributed by atoms with Crippen LogP contribution in [-0.4, -0.2) is 50.1 Å². The average Bonchev–Trinajstić information content (AvgIpc) is 2.44. The van der Waals surface area contributed by atoms with E-state index in [1.807, 2.05) is 7.05 Å². The zero-order chi connectivity index (χ0) is 14.1. The molecule has 1 fully saturated rings. The third kappa shape index (κ3) is 5.91. The van der Waals surface area contributed by atoms with Crippen LogP contribution in [0.2, 0.25) is 0 Å². The Bertz CT molecular complexity index is 254. The van der Waals surface area contributed by atoms with Crippen LogP contribution in [0.4, 0.5) is 0 Å². The minimum absolute atomic E-state index is 0.200.